The molecule has 1 rings (SSSR count). The van der Waals surface area contributed by atoms with Crippen molar-refractivity contribution in [3.63, 3.8) is 0 Å². The van der Waals surface area contributed by atoms with Crippen molar-refractivity contribution in [2.45, 2.75) is 13.3 Å². The molecular formula is C10H15NO. The number of rotatable bonds is 3. The van der Waals surface area contributed by atoms with Gasteiger partial charge in [0.05, 0.1) is 7.11 Å². The highest BCUT2D eigenvalue weighted by molar-refractivity contribution is 5.50. The molecular weight excluding hydrogens is 150 g/mol. The minimum Gasteiger partial charge on any atom is -0.496 e. The average Bonchev–Trinajstić information content (AvgIpc) is 2.16. The number of hydrogen-bond donors (Lipinski definition) is 1. The zero-order valence-electron chi connectivity index (χ0n) is 7.85. The fourth-order valence-electron chi connectivity index (χ4n) is 1.21. The molecule has 1 N–H and O–H groups in total. The molecule has 2 nitrogen and oxygen atoms in total. The molecule has 0 heterocycles. The van der Waals surface area contributed by atoms with Crippen LogP contribution < -0.4 is 10.1 Å². The second kappa shape index (κ2) is 4.00. The number of aryl methyl sites for hydroxylation is 1. The predicted octanol–water partition coefficient (Wildman–Crippen LogP) is 2.30. The average molecular weight is 165 g/mol. The first-order valence-electron chi connectivity index (χ1n) is 4.16. The minimum absolute atomic E-state index is 0.969. The van der Waals surface area contributed by atoms with Crippen molar-refractivity contribution in [2.24, 2.45) is 0 Å². The number of benzene rings is 1. The third-order valence-corrected chi connectivity index (χ3v) is 1.95. The largest absolute Gasteiger partial charge is 0.496 e. The van der Waals surface area contributed by atoms with Crippen molar-refractivity contribution in [2.75, 3.05) is 19.5 Å². The first-order valence-corrected chi connectivity index (χ1v) is 4.16. The van der Waals surface area contributed by atoms with E-state index in [1.165, 1.54) is 5.56 Å². The summed E-state index contributed by atoms with van der Waals surface area (Å²) < 4.78 is 5.21. The van der Waals surface area contributed by atoms with Gasteiger partial charge in [-0.3, -0.25) is 0 Å². The normalized spacial score (nSPS) is 9.58. The van der Waals surface area contributed by atoms with E-state index in [0.717, 1.165) is 17.9 Å². The van der Waals surface area contributed by atoms with E-state index < -0.39 is 0 Å². The molecule has 0 unspecified atom stereocenters. The third-order valence-electron chi connectivity index (χ3n) is 1.95. The molecule has 0 aromatic heterocycles. The van der Waals surface area contributed by atoms with Crippen LogP contribution in [-0.4, -0.2) is 14.2 Å². The Balaban J connectivity index is 3.02. The molecule has 0 aliphatic rings. The molecule has 66 valence electrons. The van der Waals surface area contributed by atoms with Crippen molar-refractivity contribution in [1.82, 2.24) is 0 Å². The zero-order chi connectivity index (χ0) is 8.97. The molecule has 2 heteroatoms. The van der Waals surface area contributed by atoms with Crippen LogP contribution in [0.3, 0.4) is 0 Å². The Labute approximate surface area is 73.6 Å². The highest BCUT2D eigenvalue weighted by Gasteiger charge is 2.00. The summed E-state index contributed by atoms with van der Waals surface area (Å²) in [4.78, 5) is 0. The lowest BCUT2D eigenvalue weighted by Crippen LogP contribution is -1.93. The number of anilines is 1. The smallest absolute Gasteiger partial charge is 0.122 e. The molecule has 0 aliphatic heterocycles. The third kappa shape index (κ3) is 1.70. The van der Waals surface area contributed by atoms with E-state index in [0.29, 0.717) is 0 Å². The van der Waals surface area contributed by atoms with Crippen LogP contribution in [0.5, 0.6) is 5.75 Å². The van der Waals surface area contributed by atoms with Crippen molar-refractivity contribution in [3.8, 4) is 5.75 Å². The summed E-state index contributed by atoms with van der Waals surface area (Å²) >= 11 is 0. The summed E-state index contributed by atoms with van der Waals surface area (Å²) in [6.45, 7) is 2.12. The van der Waals surface area contributed by atoms with Gasteiger partial charge in [-0.2, -0.15) is 0 Å². The monoisotopic (exact) mass is 165 g/mol. The van der Waals surface area contributed by atoms with Crippen LogP contribution in [0.4, 0.5) is 5.69 Å². The number of nitrogens with one attached hydrogen (secondary N) is 1. The fourth-order valence-corrected chi connectivity index (χ4v) is 1.21. The van der Waals surface area contributed by atoms with Gasteiger partial charge in [0, 0.05) is 12.7 Å². The Morgan fingerprint density at radius 3 is 2.67 bits per heavy atom. The summed E-state index contributed by atoms with van der Waals surface area (Å²) in [5.41, 5.74) is 2.37. The lowest BCUT2D eigenvalue weighted by molar-refractivity contribution is 0.410. The maximum atomic E-state index is 5.21. The van der Waals surface area contributed by atoms with Gasteiger partial charge in [0.25, 0.3) is 0 Å². The molecule has 0 spiro atoms. The molecule has 0 amide bonds. The van der Waals surface area contributed by atoms with Gasteiger partial charge in [-0.1, -0.05) is 6.92 Å². The fraction of sp³-hybridized carbons (Fsp3) is 0.400. The minimum atomic E-state index is 0.969. The van der Waals surface area contributed by atoms with Gasteiger partial charge < -0.3 is 10.1 Å². The Bertz CT molecular complexity index is 258. The summed E-state index contributed by atoms with van der Waals surface area (Å²) in [6.07, 6.45) is 0.999. The number of methoxy groups -OCH3 is 1. The molecule has 0 bridgehead atoms. The summed E-state index contributed by atoms with van der Waals surface area (Å²) in [6, 6.07) is 6.11. The van der Waals surface area contributed by atoms with Crippen LogP contribution >= 0.6 is 0 Å². The Hall–Kier alpha value is -1.18. The van der Waals surface area contributed by atoms with Gasteiger partial charge in [-0.25, -0.2) is 0 Å². The zero-order valence-corrected chi connectivity index (χ0v) is 7.85. The highest BCUT2D eigenvalue weighted by Crippen LogP contribution is 2.22. The summed E-state index contributed by atoms with van der Waals surface area (Å²) in [5.74, 6) is 0.969. The molecule has 0 fully saturated rings. The van der Waals surface area contributed by atoms with Gasteiger partial charge in [-0.05, 0) is 30.2 Å². The van der Waals surface area contributed by atoms with Gasteiger partial charge in [0.1, 0.15) is 5.75 Å². The first kappa shape index (κ1) is 8.91. The van der Waals surface area contributed by atoms with E-state index in [1.807, 2.05) is 19.2 Å². The molecule has 0 aliphatic carbocycles. The van der Waals surface area contributed by atoms with Crippen LogP contribution in [0, 0.1) is 0 Å². The van der Waals surface area contributed by atoms with Crippen molar-refractivity contribution in [1.29, 1.82) is 0 Å². The van der Waals surface area contributed by atoms with Crippen LogP contribution in [0.1, 0.15) is 12.5 Å². The maximum Gasteiger partial charge on any atom is 0.122 e. The van der Waals surface area contributed by atoms with Crippen LogP contribution in [0.2, 0.25) is 0 Å². The molecule has 0 saturated heterocycles. The van der Waals surface area contributed by atoms with E-state index in [4.69, 9.17) is 4.74 Å². The Kier molecular flexibility index (Phi) is 2.97. The maximum absolute atomic E-state index is 5.21. The molecule has 0 saturated carbocycles. The van der Waals surface area contributed by atoms with Crippen molar-refractivity contribution in [3.05, 3.63) is 23.8 Å². The Morgan fingerprint density at radius 2 is 2.17 bits per heavy atom. The van der Waals surface area contributed by atoms with Gasteiger partial charge >= 0.3 is 0 Å². The quantitative estimate of drug-likeness (QED) is 0.742. The summed E-state index contributed by atoms with van der Waals surface area (Å²) in [7, 11) is 3.62. The molecule has 1 aromatic rings. The lowest BCUT2D eigenvalue weighted by Gasteiger charge is -2.08. The van der Waals surface area contributed by atoms with E-state index in [2.05, 4.69) is 18.3 Å². The van der Waals surface area contributed by atoms with Crippen LogP contribution in [0.25, 0.3) is 0 Å². The number of hydrogen-bond acceptors (Lipinski definition) is 2. The van der Waals surface area contributed by atoms with Crippen LogP contribution in [0.15, 0.2) is 18.2 Å². The predicted molar refractivity (Wildman–Crippen MR) is 51.9 cm³/mol. The molecule has 0 radical (unpaired) electrons. The standard InChI is InChI=1S/C10H15NO/c1-4-8-7-9(11-2)5-6-10(8)12-3/h5-7,11H,4H2,1-3H3. The van der Waals surface area contributed by atoms with E-state index >= 15 is 0 Å². The van der Waals surface area contributed by atoms with Gasteiger partial charge in [-0.15, -0.1) is 0 Å². The van der Waals surface area contributed by atoms with Gasteiger partial charge in [0.2, 0.25) is 0 Å². The van der Waals surface area contributed by atoms with E-state index in [-0.39, 0.29) is 0 Å². The topological polar surface area (TPSA) is 21.3 Å². The molecule has 1 aromatic carbocycles. The molecule has 12 heavy (non-hydrogen) atoms. The Morgan fingerprint density at radius 1 is 1.42 bits per heavy atom. The van der Waals surface area contributed by atoms with Crippen molar-refractivity contribution >= 4 is 5.69 Å². The number of ether oxygens (including phenoxy) is 1. The second-order valence-electron chi connectivity index (χ2n) is 2.63. The SMILES string of the molecule is CCc1cc(NC)ccc1OC. The van der Waals surface area contributed by atoms with Gasteiger partial charge in [0.15, 0.2) is 0 Å². The van der Waals surface area contributed by atoms with E-state index in [9.17, 15) is 0 Å². The first-order chi connectivity index (χ1) is 5.81. The van der Waals surface area contributed by atoms with Crippen molar-refractivity contribution < 1.29 is 4.74 Å². The molecule has 0 atom stereocenters. The van der Waals surface area contributed by atoms with E-state index in [1.54, 1.807) is 7.11 Å². The highest BCUT2D eigenvalue weighted by atomic mass is 16.5. The summed E-state index contributed by atoms with van der Waals surface area (Å²) in [5, 5.41) is 3.10. The lowest BCUT2D eigenvalue weighted by atomic mass is 10.1. The second-order valence-corrected chi connectivity index (χ2v) is 2.63. The van der Waals surface area contributed by atoms with Crippen LogP contribution in [-0.2, 0) is 6.42 Å².